The van der Waals surface area contributed by atoms with Crippen molar-refractivity contribution in [1.82, 2.24) is 9.80 Å². The molecule has 24 heavy (non-hydrogen) atoms. The second kappa shape index (κ2) is 7.67. The lowest BCUT2D eigenvalue weighted by Crippen LogP contribution is -2.58. The number of piperazine rings is 1. The third-order valence-corrected chi connectivity index (χ3v) is 5.14. The molecular formula is C20H26N2O2. The number of hydrogen-bond donors (Lipinski definition) is 0. The average molecular weight is 326 g/mol. The first-order chi connectivity index (χ1) is 11.7. The number of rotatable bonds is 5. The van der Waals surface area contributed by atoms with Crippen LogP contribution in [0.5, 0.6) is 0 Å². The fourth-order valence-electron chi connectivity index (χ4n) is 3.48. The lowest BCUT2D eigenvalue weighted by molar-refractivity contribution is 0.0253. The van der Waals surface area contributed by atoms with E-state index in [-0.39, 0.29) is 11.9 Å². The summed E-state index contributed by atoms with van der Waals surface area (Å²) in [6.45, 7) is 7.11. The molecule has 2 atom stereocenters. The fraction of sp³-hybridized carbons (Fsp3) is 0.450. The van der Waals surface area contributed by atoms with Crippen molar-refractivity contribution in [2.24, 2.45) is 0 Å². The van der Waals surface area contributed by atoms with Gasteiger partial charge in [-0.3, -0.25) is 9.69 Å². The van der Waals surface area contributed by atoms with Gasteiger partial charge in [-0.15, -0.1) is 0 Å². The van der Waals surface area contributed by atoms with E-state index in [0.717, 1.165) is 32.5 Å². The maximum absolute atomic E-state index is 12.5. The van der Waals surface area contributed by atoms with E-state index >= 15 is 0 Å². The normalized spacial score (nSPS) is 21.8. The Kier molecular flexibility index (Phi) is 5.36. The summed E-state index contributed by atoms with van der Waals surface area (Å²) in [5, 5.41) is 0. The largest absolute Gasteiger partial charge is 0.459 e. The first-order valence-corrected chi connectivity index (χ1v) is 8.79. The van der Waals surface area contributed by atoms with E-state index in [0.29, 0.717) is 11.8 Å². The van der Waals surface area contributed by atoms with Gasteiger partial charge in [-0.25, -0.2) is 0 Å². The van der Waals surface area contributed by atoms with E-state index in [1.54, 1.807) is 18.4 Å². The Hall–Kier alpha value is -2.07. The molecule has 2 heterocycles. The average Bonchev–Trinajstić information content (AvgIpc) is 3.14. The maximum atomic E-state index is 12.5. The minimum absolute atomic E-state index is 0.00304. The van der Waals surface area contributed by atoms with Crippen LogP contribution >= 0.6 is 0 Å². The third-order valence-electron chi connectivity index (χ3n) is 5.14. The minimum atomic E-state index is 0.00304. The highest BCUT2D eigenvalue weighted by Gasteiger charge is 2.34. The molecule has 0 saturated carbocycles. The van der Waals surface area contributed by atoms with Gasteiger partial charge in [-0.1, -0.05) is 30.3 Å². The van der Waals surface area contributed by atoms with Crippen molar-refractivity contribution in [2.75, 3.05) is 19.6 Å². The summed E-state index contributed by atoms with van der Waals surface area (Å²) in [5.41, 5.74) is 1.39. The van der Waals surface area contributed by atoms with Crippen LogP contribution < -0.4 is 0 Å². The van der Waals surface area contributed by atoms with Gasteiger partial charge in [0.1, 0.15) is 0 Å². The molecule has 3 rings (SSSR count). The summed E-state index contributed by atoms with van der Waals surface area (Å²) in [6, 6.07) is 14.7. The molecule has 0 spiro atoms. The molecule has 0 bridgehead atoms. The summed E-state index contributed by atoms with van der Waals surface area (Å²) < 4.78 is 5.27. The highest BCUT2D eigenvalue weighted by Crippen LogP contribution is 2.20. The lowest BCUT2D eigenvalue weighted by atomic mass is 10.0. The molecule has 1 fully saturated rings. The number of amides is 1. The Morgan fingerprint density at radius 3 is 2.58 bits per heavy atom. The van der Waals surface area contributed by atoms with Crippen molar-refractivity contribution in [1.29, 1.82) is 0 Å². The van der Waals surface area contributed by atoms with Crippen LogP contribution in [0.4, 0.5) is 0 Å². The van der Waals surface area contributed by atoms with Crippen molar-refractivity contribution in [3.05, 3.63) is 60.1 Å². The van der Waals surface area contributed by atoms with Gasteiger partial charge < -0.3 is 9.32 Å². The number of furan rings is 1. The number of aryl methyl sites for hydroxylation is 1. The Bertz CT molecular complexity index is 639. The number of benzene rings is 1. The van der Waals surface area contributed by atoms with E-state index < -0.39 is 0 Å². The zero-order valence-electron chi connectivity index (χ0n) is 14.5. The zero-order chi connectivity index (χ0) is 16.9. The molecule has 4 heteroatoms. The van der Waals surface area contributed by atoms with E-state index in [1.165, 1.54) is 5.56 Å². The summed E-state index contributed by atoms with van der Waals surface area (Å²) in [5.74, 6) is 0.440. The van der Waals surface area contributed by atoms with E-state index in [1.807, 2.05) is 4.90 Å². The molecule has 1 aliphatic heterocycles. The smallest absolute Gasteiger partial charge is 0.289 e. The quantitative estimate of drug-likeness (QED) is 0.844. The van der Waals surface area contributed by atoms with Crippen molar-refractivity contribution in [3.8, 4) is 0 Å². The van der Waals surface area contributed by atoms with Gasteiger partial charge in [-0.05, 0) is 50.9 Å². The summed E-state index contributed by atoms with van der Waals surface area (Å²) in [7, 11) is 0. The number of nitrogens with zero attached hydrogens (tertiary/aromatic N) is 2. The van der Waals surface area contributed by atoms with Gasteiger partial charge in [0.2, 0.25) is 0 Å². The molecule has 2 aromatic rings. The Morgan fingerprint density at radius 2 is 1.88 bits per heavy atom. The Labute approximate surface area is 144 Å². The van der Waals surface area contributed by atoms with Gasteiger partial charge in [0.15, 0.2) is 5.76 Å². The molecule has 1 aromatic carbocycles. The van der Waals surface area contributed by atoms with Gasteiger partial charge in [-0.2, -0.15) is 0 Å². The fourth-order valence-corrected chi connectivity index (χ4v) is 3.48. The van der Waals surface area contributed by atoms with E-state index in [2.05, 4.69) is 49.1 Å². The highest BCUT2D eigenvalue weighted by molar-refractivity contribution is 5.91. The van der Waals surface area contributed by atoms with Crippen molar-refractivity contribution < 1.29 is 9.21 Å². The zero-order valence-corrected chi connectivity index (χ0v) is 14.5. The maximum Gasteiger partial charge on any atom is 0.289 e. The topological polar surface area (TPSA) is 36.7 Å². The number of hydrogen-bond acceptors (Lipinski definition) is 3. The van der Waals surface area contributed by atoms with Crippen molar-refractivity contribution in [2.45, 2.75) is 38.8 Å². The SMILES string of the molecule is C[C@@H]1[C@@H](C)N(C(=O)c2ccco2)CCN1CCCc1ccccc1. The van der Waals surface area contributed by atoms with Crippen LogP contribution in [0, 0.1) is 0 Å². The van der Waals surface area contributed by atoms with Crippen molar-refractivity contribution in [3.63, 3.8) is 0 Å². The van der Waals surface area contributed by atoms with E-state index in [4.69, 9.17) is 4.42 Å². The Morgan fingerprint density at radius 1 is 1.08 bits per heavy atom. The predicted molar refractivity (Wildman–Crippen MR) is 95.0 cm³/mol. The van der Waals surface area contributed by atoms with Gasteiger partial charge in [0.25, 0.3) is 5.91 Å². The van der Waals surface area contributed by atoms with Crippen LogP contribution in [0.3, 0.4) is 0 Å². The van der Waals surface area contributed by atoms with Crippen LogP contribution in [-0.4, -0.2) is 47.4 Å². The molecule has 1 aromatic heterocycles. The van der Waals surface area contributed by atoms with Crippen LogP contribution in [0.25, 0.3) is 0 Å². The second-order valence-corrected chi connectivity index (χ2v) is 6.58. The van der Waals surface area contributed by atoms with Gasteiger partial charge in [0, 0.05) is 25.2 Å². The summed E-state index contributed by atoms with van der Waals surface area (Å²) in [6.07, 6.45) is 3.81. The van der Waals surface area contributed by atoms with Gasteiger partial charge in [0.05, 0.1) is 6.26 Å². The first kappa shape index (κ1) is 16.8. The van der Waals surface area contributed by atoms with Gasteiger partial charge >= 0.3 is 0 Å². The standard InChI is InChI=1S/C20H26N2O2/c1-16-17(2)22(20(23)19-11-7-15-24-19)14-13-21(16)12-6-10-18-8-4-3-5-9-18/h3-5,7-9,11,15-17H,6,10,12-14H2,1-2H3/t16-,17-/m1/s1. The molecule has 1 saturated heterocycles. The third kappa shape index (κ3) is 3.70. The van der Waals surface area contributed by atoms with E-state index in [9.17, 15) is 4.79 Å². The van der Waals surface area contributed by atoms with Crippen LogP contribution in [0.2, 0.25) is 0 Å². The molecule has 1 amide bonds. The Balaban J connectivity index is 1.53. The predicted octanol–water partition coefficient (Wildman–Crippen LogP) is 3.45. The molecule has 0 aliphatic carbocycles. The van der Waals surface area contributed by atoms with Crippen LogP contribution in [0.1, 0.15) is 36.4 Å². The number of carbonyl (C=O) groups excluding carboxylic acids is 1. The number of carbonyl (C=O) groups is 1. The van der Waals surface area contributed by atoms with Crippen LogP contribution in [-0.2, 0) is 6.42 Å². The molecule has 128 valence electrons. The van der Waals surface area contributed by atoms with Crippen molar-refractivity contribution >= 4 is 5.91 Å². The minimum Gasteiger partial charge on any atom is -0.459 e. The molecule has 0 unspecified atom stereocenters. The molecular weight excluding hydrogens is 300 g/mol. The summed E-state index contributed by atoms with van der Waals surface area (Å²) >= 11 is 0. The second-order valence-electron chi connectivity index (χ2n) is 6.58. The first-order valence-electron chi connectivity index (χ1n) is 8.79. The molecule has 4 nitrogen and oxygen atoms in total. The molecule has 1 aliphatic rings. The monoisotopic (exact) mass is 326 g/mol. The van der Waals surface area contributed by atoms with Crippen LogP contribution in [0.15, 0.2) is 53.1 Å². The molecule has 0 N–H and O–H groups in total. The summed E-state index contributed by atoms with van der Waals surface area (Å²) in [4.78, 5) is 17.0. The molecule has 0 radical (unpaired) electrons. The highest BCUT2D eigenvalue weighted by atomic mass is 16.3. The lowest BCUT2D eigenvalue weighted by Gasteiger charge is -2.44.